The first-order chi connectivity index (χ1) is 12.9. The van der Waals surface area contributed by atoms with Gasteiger partial charge in [-0.15, -0.1) is 0 Å². The lowest BCUT2D eigenvalue weighted by molar-refractivity contribution is 0.120. The quantitative estimate of drug-likeness (QED) is 0.654. The maximum absolute atomic E-state index is 11.1. The molecule has 27 heavy (non-hydrogen) atoms. The van der Waals surface area contributed by atoms with Crippen LogP contribution in [0.3, 0.4) is 0 Å². The molecule has 1 atom stereocenters. The van der Waals surface area contributed by atoms with Crippen molar-refractivity contribution in [2.24, 2.45) is 0 Å². The third-order valence-electron chi connectivity index (χ3n) is 5.31. The number of rotatable bonds is 6. The van der Waals surface area contributed by atoms with E-state index in [0.717, 1.165) is 46.4 Å². The Kier molecular flexibility index (Phi) is 5.93. The number of aliphatic hydroxyl groups is 1. The summed E-state index contributed by atoms with van der Waals surface area (Å²) in [6.07, 6.45) is -0.541. The molecule has 0 fully saturated rings. The second kappa shape index (κ2) is 8.20. The molecule has 3 heteroatoms. The van der Waals surface area contributed by atoms with E-state index in [-0.39, 0.29) is 0 Å². The Balaban J connectivity index is 2.18. The summed E-state index contributed by atoms with van der Waals surface area (Å²) in [6, 6.07) is 14.8. The van der Waals surface area contributed by atoms with E-state index in [1.54, 1.807) is 0 Å². The zero-order chi connectivity index (χ0) is 19.6. The molecular formula is C24H30N2O. The van der Waals surface area contributed by atoms with Gasteiger partial charge in [0.2, 0.25) is 0 Å². The summed E-state index contributed by atoms with van der Waals surface area (Å²) in [6.45, 7) is 13.0. The van der Waals surface area contributed by atoms with Crippen molar-refractivity contribution in [3.8, 4) is 11.3 Å². The fourth-order valence-corrected chi connectivity index (χ4v) is 3.68. The van der Waals surface area contributed by atoms with Crippen molar-refractivity contribution in [2.75, 3.05) is 19.6 Å². The van der Waals surface area contributed by atoms with E-state index in [9.17, 15) is 5.11 Å². The average molecular weight is 363 g/mol. The summed E-state index contributed by atoms with van der Waals surface area (Å²) in [4.78, 5) is 7.21. The van der Waals surface area contributed by atoms with Gasteiger partial charge in [-0.25, -0.2) is 4.98 Å². The Labute approximate surface area is 162 Å². The van der Waals surface area contributed by atoms with Gasteiger partial charge in [0.05, 0.1) is 17.3 Å². The first-order valence-electron chi connectivity index (χ1n) is 9.82. The first-order valence-corrected chi connectivity index (χ1v) is 9.82. The lowest BCUT2D eigenvalue weighted by Crippen LogP contribution is -2.28. The summed E-state index contributed by atoms with van der Waals surface area (Å²) in [5.74, 6) is 0. The molecular weight excluding hydrogens is 332 g/mol. The van der Waals surface area contributed by atoms with Gasteiger partial charge in [-0.05, 0) is 57.1 Å². The van der Waals surface area contributed by atoms with Crippen LogP contribution in [-0.2, 0) is 0 Å². The van der Waals surface area contributed by atoms with Crippen LogP contribution in [0.1, 0.15) is 42.2 Å². The molecule has 0 saturated heterocycles. The summed E-state index contributed by atoms with van der Waals surface area (Å²) in [5, 5.41) is 12.1. The molecule has 0 aliphatic rings. The SMILES string of the molecule is CCN(CC)CC(O)c1cc(-c2ccc(C)cc2)nc2c(C)cc(C)cc12. The van der Waals surface area contributed by atoms with Gasteiger partial charge in [-0.2, -0.15) is 0 Å². The Hall–Kier alpha value is -2.23. The molecule has 0 amide bonds. The highest BCUT2D eigenvalue weighted by molar-refractivity contribution is 5.88. The highest BCUT2D eigenvalue weighted by Gasteiger charge is 2.18. The van der Waals surface area contributed by atoms with E-state index in [1.807, 2.05) is 0 Å². The Bertz CT molecular complexity index is 927. The highest BCUT2D eigenvalue weighted by Crippen LogP contribution is 2.31. The number of fused-ring (bicyclic) bond motifs is 1. The van der Waals surface area contributed by atoms with E-state index in [4.69, 9.17) is 4.98 Å². The van der Waals surface area contributed by atoms with Crippen LogP contribution < -0.4 is 0 Å². The van der Waals surface area contributed by atoms with Crippen LogP contribution in [0.4, 0.5) is 0 Å². The minimum Gasteiger partial charge on any atom is -0.387 e. The van der Waals surface area contributed by atoms with Crippen molar-refractivity contribution in [3.63, 3.8) is 0 Å². The third-order valence-corrected chi connectivity index (χ3v) is 5.31. The number of aryl methyl sites for hydroxylation is 3. The number of likely N-dealkylation sites (N-methyl/N-ethyl adjacent to an activating group) is 1. The fraction of sp³-hybridized carbons (Fsp3) is 0.375. The number of nitrogens with zero attached hydrogens (tertiary/aromatic N) is 2. The van der Waals surface area contributed by atoms with Crippen molar-refractivity contribution < 1.29 is 5.11 Å². The molecule has 0 aliphatic heterocycles. The summed E-state index contributed by atoms with van der Waals surface area (Å²) in [7, 11) is 0. The van der Waals surface area contributed by atoms with Crippen LogP contribution in [0, 0.1) is 20.8 Å². The summed E-state index contributed by atoms with van der Waals surface area (Å²) in [5.41, 5.74) is 7.52. The third kappa shape index (κ3) is 4.20. The van der Waals surface area contributed by atoms with Gasteiger partial charge >= 0.3 is 0 Å². The number of hydrogen-bond donors (Lipinski definition) is 1. The maximum atomic E-state index is 11.1. The summed E-state index contributed by atoms with van der Waals surface area (Å²) >= 11 is 0. The molecule has 2 aromatic carbocycles. The average Bonchev–Trinajstić information content (AvgIpc) is 2.65. The van der Waals surface area contributed by atoms with Crippen molar-refractivity contribution in [1.82, 2.24) is 9.88 Å². The van der Waals surface area contributed by atoms with Gasteiger partial charge in [0.25, 0.3) is 0 Å². The van der Waals surface area contributed by atoms with Gasteiger partial charge in [0.15, 0.2) is 0 Å². The van der Waals surface area contributed by atoms with Crippen molar-refractivity contribution in [1.29, 1.82) is 0 Å². The van der Waals surface area contributed by atoms with Crippen LogP contribution in [0.15, 0.2) is 42.5 Å². The Morgan fingerprint density at radius 1 is 0.926 bits per heavy atom. The molecule has 3 nitrogen and oxygen atoms in total. The van der Waals surface area contributed by atoms with Gasteiger partial charge < -0.3 is 10.0 Å². The lowest BCUT2D eigenvalue weighted by atomic mass is 9.96. The van der Waals surface area contributed by atoms with Gasteiger partial charge in [0.1, 0.15) is 0 Å². The first kappa shape index (κ1) is 19.5. The Morgan fingerprint density at radius 2 is 1.59 bits per heavy atom. The molecule has 0 aliphatic carbocycles. The van der Waals surface area contributed by atoms with Crippen LogP contribution in [-0.4, -0.2) is 34.6 Å². The molecule has 1 unspecified atom stereocenters. The number of hydrogen-bond acceptors (Lipinski definition) is 3. The molecule has 1 heterocycles. The molecule has 0 bridgehead atoms. The number of aromatic nitrogens is 1. The van der Waals surface area contributed by atoms with Crippen LogP contribution in [0.2, 0.25) is 0 Å². The molecule has 3 rings (SSSR count). The van der Waals surface area contributed by atoms with Gasteiger partial charge in [0, 0.05) is 17.5 Å². The zero-order valence-electron chi connectivity index (χ0n) is 17.1. The predicted octanol–water partition coefficient (Wildman–Crippen LogP) is 5.20. The molecule has 3 aromatic rings. The number of aliphatic hydroxyl groups excluding tert-OH is 1. The second-order valence-electron chi connectivity index (χ2n) is 7.44. The second-order valence-corrected chi connectivity index (χ2v) is 7.44. The standard InChI is InChI=1S/C24H30N2O/c1-6-26(7-2)15-23(27)20-14-22(19-10-8-16(3)9-11-19)25-24-18(5)12-17(4)13-21(20)24/h8-14,23,27H,6-7,15H2,1-5H3. The fourth-order valence-electron chi connectivity index (χ4n) is 3.68. The van der Waals surface area contributed by atoms with E-state index in [1.165, 1.54) is 11.1 Å². The molecule has 1 N–H and O–H groups in total. The molecule has 0 saturated carbocycles. The minimum atomic E-state index is -0.541. The van der Waals surface area contributed by atoms with Crippen LogP contribution >= 0.6 is 0 Å². The molecule has 0 radical (unpaired) electrons. The van der Waals surface area contributed by atoms with Crippen LogP contribution in [0.25, 0.3) is 22.2 Å². The van der Waals surface area contributed by atoms with Crippen molar-refractivity contribution in [3.05, 3.63) is 64.7 Å². The number of pyridine rings is 1. The number of benzene rings is 2. The predicted molar refractivity (Wildman–Crippen MR) is 114 cm³/mol. The van der Waals surface area contributed by atoms with E-state index in [0.29, 0.717) is 6.54 Å². The highest BCUT2D eigenvalue weighted by atomic mass is 16.3. The molecule has 0 spiro atoms. The van der Waals surface area contributed by atoms with Gasteiger partial charge in [-0.1, -0.05) is 55.3 Å². The van der Waals surface area contributed by atoms with E-state index >= 15 is 0 Å². The minimum absolute atomic E-state index is 0.541. The van der Waals surface area contributed by atoms with Crippen molar-refractivity contribution in [2.45, 2.75) is 40.7 Å². The largest absolute Gasteiger partial charge is 0.387 e. The monoisotopic (exact) mass is 362 g/mol. The maximum Gasteiger partial charge on any atom is 0.0924 e. The van der Waals surface area contributed by atoms with Crippen molar-refractivity contribution >= 4 is 10.9 Å². The smallest absolute Gasteiger partial charge is 0.0924 e. The molecule has 1 aromatic heterocycles. The van der Waals surface area contributed by atoms with E-state index in [2.05, 4.69) is 82.0 Å². The summed E-state index contributed by atoms with van der Waals surface area (Å²) < 4.78 is 0. The topological polar surface area (TPSA) is 36.4 Å². The van der Waals surface area contributed by atoms with Gasteiger partial charge in [-0.3, -0.25) is 0 Å². The Morgan fingerprint density at radius 3 is 2.22 bits per heavy atom. The molecule has 142 valence electrons. The normalized spacial score (nSPS) is 12.7. The van der Waals surface area contributed by atoms with Crippen LogP contribution in [0.5, 0.6) is 0 Å². The van der Waals surface area contributed by atoms with E-state index < -0.39 is 6.10 Å². The lowest BCUT2D eigenvalue weighted by Gasteiger charge is -2.23. The zero-order valence-corrected chi connectivity index (χ0v) is 17.1.